The molecule has 26 heavy (non-hydrogen) atoms. The highest BCUT2D eigenvalue weighted by Gasteiger charge is 2.18. The van der Waals surface area contributed by atoms with Gasteiger partial charge in [-0.3, -0.25) is 0 Å². The number of methoxy groups -OCH3 is 1. The van der Waals surface area contributed by atoms with E-state index in [1.165, 1.54) is 11.1 Å². The highest BCUT2D eigenvalue weighted by molar-refractivity contribution is 9.10. The molecule has 5 heteroatoms. The van der Waals surface area contributed by atoms with Gasteiger partial charge in [0, 0.05) is 11.5 Å². The summed E-state index contributed by atoms with van der Waals surface area (Å²) in [6.45, 7) is 6.56. The molecule has 0 aliphatic heterocycles. The molecular formula is C21H26BrN3O. The first-order valence-corrected chi connectivity index (χ1v) is 9.85. The maximum Gasteiger partial charge on any atom is 0.208 e. The summed E-state index contributed by atoms with van der Waals surface area (Å²) in [4.78, 5) is 4.84. The molecule has 0 atom stereocenters. The fourth-order valence-electron chi connectivity index (χ4n) is 3.61. The lowest BCUT2D eigenvalue weighted by Gasteiger charge is -2.16. The lowest BCUT2D eigenvalue weighted by molar-refractivity contribution is 0.416. The first kappa shape index (κ1) is 18.8. The second kappa shape index (κ2) is 7.70. The van der Waals surface area contributed by atoms with Crippen LogP contribution in [0.2, 0.25) is 0 Å². The lowest BCUT2D eigenvalue weighted by Crippen LogP contribution is -2.04. The summed E-state index contributed by atoms with van der Waals surface area (Å²) in [6, 6.07) is 10.5. The van der Waals surface area contributed by atoms with Crippen LogP contribution in [0.25, 0.3) is 11.0 Å². The van der Waals surface area contributed by atoms with E-state index >= 15 is 0 Å². The third-order valence-electron chi connectivity index (χ3n) is 5.07. The smallest absolute Gasteiger partial charge is 0.208 e. The van der Waals surface area contributed by atoms with Gasteiger partial charge < -0.3 is 14.6 Å². The Balaban J connectivity index is 2.11. The van der Waals surface area contributed by atoms with E-state index in [1.807, 2.05) is 6.07 Å². The zero-order valence-electron chi connectivity index (χ0n) is 16.1. The van der Waals surface area contributed by atoms with Crippen molar-refractivity contribution in [3.05, 3.63) is 45.9 Å². The fourth-order valence-corrected chi connectivity index (χ4v) is 4.17. The summed E-state index contributed by atoms with van der Waals surface area (Å²) in [5.74, 6) is 2.16. The Morgan fingerprint density at radius 2 is 1.96 bits per heavy atom. The molecule has 1 heterocycles. The van der Waals surface area contributed by atoms with E-state index in [0.717, 1.165) is 45.8 Å². The second-order valence-electron chi connectivity index (χ2n) is 6.65. The van der Waals surface area contributed by atoms with Crippen molar-refractivity contribution in [3.8, 4) is 5.75 Å². The monoisotopic (exact) mass is 415 g/mol. The van der Waals surface area contributed by atoms with E-state index in [-0.39, 0.29) is 0 Å². The van der Waals surface area contributed by atoms with Gasteiger partial charge in [-0.15, -0.1) is 0 Å². The summed E-state index contributed by atoms with van der Waals surface area (Å²) in [6.07, 6.45) is 2.26. The molecule has 3 rings (SSSR count). The van der Waals surface area contributed by atoms with Gasteiger partial charge in [-0.2, -0.15) is 0 Å². The second-order valence-corrected chi connectivity index (χ2v) is 7.56. The molecule has 0 saturated carbocycles. The first-order valence-electron chi connectivity index (χ1n) is 9.06. The molecule has 0 spiro atoms. The van der Waals surface area contributed by atoms with E-state index in [1.54, 1.807) is 7.11 Å². The summed E-state index contributed by atoms with van der Waals surface area (Å²) in [5, 5.41) is 3.48. The molecule has 0 saturated heterocycles. The Hall–Kier alpha value is -2.01. The topological polar surface area (TPSA) is 39.1 Å². The number of hydrogen-bond acceptors (Lipinski definition) is 3. The molecule has 0 aliphatic rings. The van der Waals surface area contributed by atoms with Crippen molar-refractivity contribution in [2.45, 2.75) is 39.5 Å². The average Bonchev–Trinajstić information content (AvgIpc) is 2.94. The molecule has 138 valence electrons. The number of halogens is 1. The molecule has 0 radical (unpaired) electrons. The minimum atomic E-state index is 0.547. The number of nitrogens with one attached hydrogen (secondary N) is 1. The number of rotatable bonds is 6. The van der Waals surface area contributed by atoms with Gasteiger partial charge in [0.25, 0.3) is 0 Å². The van der Waals surface area contributed by atoms with Gasteiger partial charge in [-0.25, -0.2) is 4.98 Å². The molecule has 3 aromatic rings. The van der Waals surface area contributed by atoms with Crippen LogP contribution < -0.4 is 10.1 Å². The molecule has 0 bridgehead atoms. The SMILES string of the molecule is CCC(CC)c1cccc2nc(Nc3c(C)cc(Br)cc3OC)n(C)c12. The van der Waals surface area contributed by atoms with Crippen LogP contribution in [0.3, 0.4) is 0 Å². The van der Waals surface area contributed by atoms with Crippen molar-refractivity contribution in [2.75, 3.05) is 12.4 Å². The van der Waals surface area contributed by atoms with Crippen LogP contribution in [-0.2, 0) is 7.05 Å². The first-order chi connectivity index (χ1) is 12.5. The summed E-state index contributed by atoms with van der Waals surface area (Å²) >= 11 is 3.53. The van der Waals surface area contributed by atoms with Gasteiger partial charge in [-0.05, 0) is 55.0 Å². The van der Waals surface area contributed by atoms with Gasteiger partial charge in [0.2, 0.25) is 5.95 Å². The van der Waals surface area contributed by atoms with Crippen LogP contribution in [0.15, 0.2) is 34.8 Å². The van der Waals surface area contributed by atoms with Gasteiger partial charge in [0.15, 0.2) is 0 Å². The maximum absolute atomic E-state index is 5.56. The Morgan fingerprint density at radius 3 is 2.62 bits per heavy atom. The number of ether oxygens (including phenoxy) is 1. The highest BCUT2D eigenvalue weighted by atomic mass is 79.9. The number of nitrogens with zero attached hydrogens (tertiary/aromatic N) is 2. The molecule has 0 aliphatic carbocycles. The van der Waals surface area contributed by atoms with E-state index in [9.17, 15) is 0 Å². The van der Waals surface area contributed by atoms with Gasteiger partial charge in [0.1, 0.15) is 5.75 Å². The van der Waals surface area contributed by atoms with Crippen molar-refractivity contribution in [2.24, 2.45) is 7.05 Å². The van der Waals surface area contributed by atoms with E-state index in [0.29, 0.717) is 5.92 Å². The molecule has 0 amide bonds. The van der Waals surface area contributed by atoms with Crippen LogP contribution in [0.5, 0.6) is 5.75 Å². The largest absolute Gasteiger partial charge is 0.495 e. The molecule has 0 unspecified atom stereocenters. The van der Waals surface area contributed by atoms with Gasteiger partial charge in [-0.1, -0.05) is 41.9 Å². The zero-order chi connectivity index (χ0) is 18.8. The van der Waals surface area contributed by atoms with E-state index in [4.69, 9.17) is 9.72 Å². The number of aromatic nitrogens is 2. The molecule has 1 N–H and O–H groups in total. The minimum Gasteiger partial charge on any atom is -0.495 e. The summed E-state index contributed by atoms with van der Waals surface area (Å²) in [7, 11) is 3.76. The number of para-hydroxylation sites is 1. The quantitative estimate of drug-likeness (QED) is 0.513. The average molecular weight is 416 g/mol. The van der Waals surface area contributed by atoms with Crippen LogP contribution in [0.1, 0.15) is 43.7 Å². The van der Waals surface area contributed by atoms with E-state index in [2.05, 4.69) is 77.9 Å². The highest BCUT2D eigenvalue weighted by Crippen LogP contribution is 2.36. The lowest BCUT2D eigenvalue weighted by atomic mass is 9.93. The molecule has 2 aromatic carbocycles. The number of benzene rings is 2. The zero-order valence-corrected chi connectivity index (χ0v) is 17.6. The molecule has 4 nitrogen and oxygen atoms in total. The van der Waals surface area contributed by atoms with Gasteiger partial charge in [0.05, 0.1) is 23.8 Å². The van der Waals surface area contributed by atoms with Crippen molar-refractivity contribution in [1.82, 2.24) is 9.55 Å². The molecular weight excluding hydrogens is 390 g/mol. The van der Waals surface area contributed by atoms with E-state index < -0.39 is 0 Å². The van der Waals surface area contributed by atoms with Crippen LogP contribution in [0.4, 0.5) is 11.6 Å². The van der Waals surface area contributed by atoms with Gasteiger partial charge >= 0.3 is 0 Å². The van der Waals surface area contributed by atoms with Crippen molar-refractivity contribution in [1.29, 1.82) is 0 Å². The predicted molar refractivity (Wildman–Crippen MR) is 113 cm³/mol. The number of aryl methyl sites for hydroxylation is 2. The number of hydrogen-bond donors (Lipinski definition) is 1. The number of anilines is 2. The minimum absolute atomic E-state index is 0.547. The van der Waals surface area contributed by atoms with Crippen molar-refractivity contribution in [3.63, 3.8) is 0 Å². The summed E-state index contributed by atoms with van der Waals surface area (Å²) < 4.78 is 8.72. The normalized spacial score (nSPS) is 11.3. The Morgan fingerprint density at radius 1 is 1.23 bits per heavy atom. The predicted octanol–water partition coefficient (Wildman–Crippen LogP) is 6.30. The van der Waals surface area contributed by atoms with Crippen LogP contribution in [-0.4, -0.2) is 16.7 Å². The number of imidazole rings is 1. The summed E-state index contributed by atoms with van der Waals surface area (Å²) in [5.41, 5.74) is 5.64. The standard InChI is InChI=1S/C21H26BrN3O/c1-6-14(7-2)16-9-8-10-17-20(16)25(4)21(23-17)24-19-13(3)11-15(22)12-18(19)26-5/h8-12,14H,6-7H2,1-5H3,(H,23,24). The third-order valence-corrected chi connectivity index (χ3v) is 5.53. The van der Waals surface area contributed by atoms with Crippen LogP contribution in [0, 0.1) is 6.92 Å². The third kappa shape index (κ3) is 3.32. The van der Waals surface area contributed by atoms with Crippen molar-refractivity contribution < 1.29 is 4.74 Å². The number of fused-ring (bicyclic) bond motifs is 1. The molecule has 1 aromatic heterocycles. The fraction of sp³-hybridized carbons (Fsp3) is 0.381. The van der Waals surface area contributed by atoms with Crippen molar-refractivity contribution >= 4 is 38.6 Å². The Bertz CT molecular complexity index is 929. The maximum atomic E-state index is 5.56. The molecule has 0 fully saturated rings. The Labute approximate surface area is 163 Å². The Kier molecular flexibility index (Phi) is 5.56. The van der Waals surface area contributed by atoms with Crippen LogP contribution >= 0.6 is 15.9 Å².